The van der Waals surface area contributed by atoms with Gasteiger partial charge in [-0.2, -0.15) is 4.57 Å². The minimum atomic E-state index is 0.00782. The first-order valence-electron chi connectivity index (χ1n) is 16.6. The molecule has 0 aliphatic rings. The van der Waals surface area contributed by atoms with E-state index in [1.807, 2.05) is 6.20 Å². The molecule has 0 atom stereocenters. The second-order valence-corrected chi connectivity index (χ2v) is 13.9. The zero-order valence-electron chi connectivity index (χ0n) is 28.4. The predicted molar refractivity (Wildman–Crippen MR) is 202 cm³/mol. The average Bonchev–Trinajstić information content (AvgIpc) is 3.60. The minimum absolute atomic E-state index is 0.00782. The number of anilines is 3. The van der Waals surface area contributed by atoms with E-state index in [0.717, 1.165) is 33.9 Å². The van der Waals surface area contributed by atoms with Crippen LogP contribution in [-0.2, 0) is 12.5 Å². The third-order valence-corrected chi connectivity index (χ3v) is 9.60. The Bertz CT molecular complexity index is 2470. The van der Waals surface area contributed by atoms with Crippen LogP contribution in [0.4, 0.5) is 17.1 Å². The van der Waals surface area contributed by atoms with Gasteiger partial charge in [0, 0.05) is 54.0 Å². The molecule has 8 aromatic rings. The van der Waals surface area contributed by atoms with Crippen molar-refractivity contribution in [3.8, 4) is 11.5 Å². The number of nitrogens with zero attached hydrogens (tertiary/aromatic N) is 5. The van der Waals surface area contributed by atoms with Gasteiger partial charge in [0.2, 0.25) is 0 Å². The maximum atomic E-state index is 4.93. The highest BCUT2D eigenvalue weighted by Gasteiger charge is 2.23. The second-order valence-electron chi connectivity index (χ2n) is 13.9. The first-order valence-corrected chi connectivity index (χ1v) is 16.6. The maximum absolute atomic E-state index is 4.93. The van der Waals surface area contributed by atoms with Gasteiger partial charge < -0.3 is 4.90 Å². The lowest BCUT2D eigenvalue weighted by Gasteiger charge is -2.29. The van der Waals surface area contributed by atoms with Crippen LogP contribution in [-0.4, -0.2) is 18.7 Å². The van der Waals surface area contributed by atoms with Gasteiger partial charge in [-0.25, -0.2) is 9.55 Å². The number of rotatable bonds is 5. The minimum Gasteiger partial charge on any atom is -0.309 e. The third-order valence-electron chi connectivity index (χ3n) is 9.60. The molecule has 0 saturated carbocycles. The van der Waals surface area contributed by atoms with E-state index in [2.05, 4.69) is 188 Å². The fourth-order valence-corrected chi connectivity index (χ4v) is 7.17. The molecule has 236 valence electrons. The Balaban J connectivity index is 1.38. The van der Waals surface area contributed by atoms with Crippen LogP contribution in [0.2, 0.25) is 0 Å². The molecule has 5 aromatic carbocycles. The lowest BCUT2D eigenvalue weighted by molar-refractivity contribution is 0.588. The van der Waals surface area contributed by atoms with Crippen LogP contribution in [0, 0.1) is 13.8 Å². The molecule has 3 heterocycles. The number of pyridine rings is 1. The van der Waals surface area contributed by atoms with Crippen molar-refractivity contribution in [2.45, 2.75) is 40.0 Å². The van der Waals surface area contributed by atoms with Gasteiger partial charge in [0.1, 0.15) is 11.5 Å². The highest BCUT2D eigenvalue weighted by Crippen LogP contribution is 2.42. The molecular formula is C43H40N5+. The van der Waals surface area contributed by atoms with Gasteiger partial charge in [0.25, 0.3) is 0 Å². The zero-order chi connectivity index (χ0) is 33.2. The van der Waals surface area contributed by atoms with E-state index in [1.165, 1.54) is 44.2 Å². The SMILES string of the molecule is Cc1cccc(C)c1N(c1cccc(-n2[cH+]n(C)c3ccccc32)c1)c1ccc2c3ccccc3n(-c3cc(C(C)(C)C)ccn3)c2c1. The van der Waals surface area contributed by atoms with Crippen LogP contribution >= 0.6 is 0 Å². The molecule has 8 rings (SSSR count). The van der Waals surface area contributed by atoms with Crippen LogP contribution in [0.25, 0.3) is 44.3 Å². The Morgan fingerprint density at radius 3 is 2.06 bits per heavy atom. The van der Waals surface area contributed by atoms with Gasteiger partial charge in [0.15, 0.2) is 17.4 Å². The van der Waals surface area contributed by atoms with Crippen molar-refractivity contribution in [3.05, 3.63) is 151 Å². The van der Waals surface area contributed by atoms with Crippen molar-refractivity contribution in [1.82, 2.24) is 18.7 Å². The molecule has 0 bridgehead atoms. The van der Waals surface area contributed by atoms with E-state index >= 15 is 0 Å². The van der Waals surface area contributed by atoms with E-state index in [-0.39, 0.29) is 5.41 Å². The van der Waals surface area contributed by atoms with Gasteiger partial charge in [-0.15, -0.1) is 0 Å². The zero-order valence-corrected chi connectivity index (χ0v) is 28.4. The van der Waals surface area contributed by atoms with Crippen molar-refractivity contribution >= 4 is 49.9 Å². The van der Waals surface area contributed by atoms with Crippen molar-refractivity contribution < 1.29 is 0 Å². The molecule has 0 saturated heterocycles. The Kier molecular flexibility index (Phi) is 6.95. The van der Waals surface area contributed by atoms with Crippen LogP contribution in [0.1, 0.15) is 37.5 Å². The molecule has 0 spiro atoms. The summed E-state index contributed by atoms with van der Waals surface area (Å²) in [6.45, 7) is 11.2. The molecule has 0 aliphatic carbocycles. The largest absolute Gasteiger partial charge is 0.309 e. The molecule has 3 aromatic heterocycles. The van der Waals surface area contributed by atoms with Crippen LogP contribution in [0.5, 0.6) is 0 Å². The molecule has 5 heteroatoms. The summed E-state index contributed by atoms with van der Waals surface area (Å²) in [5.74, 6) is 0.929. The van der Waals surface area contributed by atoms with E-state index in [1.54, 1.807) is 0 Å². The number of fused-ring (bicyclic) bond motifs is 4. The van der Waals surface area contributed by atoms with Crippen LogP contribution in [0.15, 0.2) is 134 Å². The molecule has 0 amide bonds. The summed E-state index contributed by atoms with van der Waals surface area (Å²) < 4.78 is 6.78. The summed E-state index contributed by atoms with van der Waals surface area (Å²) in [5.41, 5.74) is 12.8. The van der Waals surface area contributed by atoms with Gasteiger partial charge in [0.05, 0.1) is 22.4 Å². The Morgan fingerprint density at radius 2 is 1.29 bits per heavy atom. The van der Waals surface area contributed by atoms with Gasteiger partial charge in [-0.05, 0) is 90.6 Å². The van der Waals surface area contributed by atoms with Crippen molar-refractivity contribution in [3.63, 3.8) is 0 Å². The smallest absolute Gasteiger partial charge is 0.191 e. The Morgan fingerprint density at radius 1 is 0.625 bits per heavy atom. The molecule has 0 aliphatic heterocycles. The van der Waals surface area contributed by atoms with E-state index < -0.39 is 0 Å². The van der Waals surface area contributed by atoms with E-state index in [9.17, 15) is 0 Å². The van der Waals surface area contributed by atoms with Crippen LogP contribution < -0.4 is 4.90 Å². The molecule has 48 heavy (non-hydrogen) atoms. The number of hydrogen-bond donors (Lipinski definition) is 0. The first-order chi connectivity index (χ1) is 23.2. The molecule has 0 N–H and O–H groups in total. The van der Waals surface area contributed by atoms with Gasteiger partial charge in [-0.1, -0.05) is 63.2 Å². The summed E-state index contributed by atoms with van der Waals surface area (Å²) in [6.07, 6.45) is 4.11. The number of imidazole rings is 1. The monoisotopic (exact) mass is 626 g/mol. The first kappa shape index (κ1) is 29.7. The summed E-state index contributed by atoms with van der Waals surface area (Å²) in [4.78, 5) is 7.35. The van der Waals surface area contributed by atoms with Gasteiger partial charge in [-0.3, -0.25) is 4.57 Å². The number of aromatic nitrogens is 4. The summed E-state index contributed by atoms with van der Waals surface area (Å²) in [7, 11) is 2.10. The average molecular weight is 627 g/mol. The fraction of sp³-hybridized carbons (Fsp3) is 0.163. The standard InChI is InChI=1S/C43H40N5/c1-29-13-11-14-30(2)42(29)47(33-16-12-15-32(26-33)46-28-45(6)38-19-9-10-20-39(38)46)34-21-22-36-35-17-7-8-18-37(35)48(40(36)27-34)41-25-31(23-24-44-41)43(3,4)5/h7-28H,1-6H3/q+1. The fourth-order valence-electron chi connectivity index (χ4n) is 7.17. The summed E-state index contributed by atoms with van der Waals surface area (Å²) >= 11 is 0. The molecule has 0 radical (unpaired) electrons. The molecule has 5 nitrogen and oxygen atoms in total. The Labute approximate surface area is 282 Å². The second kappa shape index (κ2) is 11.2. The van der Waals surface area contributed by atoms with E-state index in [4.69, 9.17) is 4.98 Å². The van der Waals surface area contributed by atoms with Gasteiger partial charge >= 0.3 is 0 Å². The number of aryl methyl sites for hydroxylation is 3. The quantitative estimate of drug-likeness (QED) is 0.178. The topological polar surface area (TPSA) is 30.9 Å². The van der Waals surface area contributed by atoms with E-state index in [0.29, 0.717) is 0 Å². The highest BCUT2D eigenvalue weighted by atomic mass is 15.2. The number of benzene rings is 5. The summed E-state index contributed by atoms with van der Waals surface area (Å²) in [6, 6.07) is 43.9. The highest BCUT2D eigenvalue weighted by molar-refractivity contribution is 6.10. The summed E-state index contributed by atoms with van der Waals surface area (Å²) in [5, 5.41) is 2.42. The number of hydrogen-bond acceptors (Lipinski definition) is 2. The maximum Gasteiger partial charge on any atom is 0.191 e. The predicted octanol–water partition coefficient (Wildman–Crippen LogP) is 11.1. The van der Waals surface area contributed by atoms with Crippen molar-refractivity contribution in [2.75, 3.05) is 4.90 Å². The third kappa shape index (κ3) is 4.85. The molecular weight excluding hydrogens is 587 g/mol. The molecule has 0 fully saturated rings. The van der Waals surface area contributed by atoms with Crippen molar-refractivity contribution in [1.29, 1.82) is 0 Å². The lowest BCUT2D eigenvalue weighted by Crippen LogP contribution is -2.14. The number of para-hydroxylation sites is 4. The van der Waals surface area contributed by atoms with Crippen LogP contribution in [0.3, 0.4) is 0 Å². The molecule has 0 unspecified atom stereocenters. The normalized spacial score (nSPS) is 12.0. The van der Waals surface area contributed by atoms with Crippen molar-refractivity contribution in [2.24, 2.45) is 7.05 Å². The lowest BCUT2D eigenvalue weighted by atomic mass is 9.88. The Hall–Kier alpha value is -5.68.